The van der Waals surface area contributed by atoms with E-state index in [1.165, 1.54) is 23.5 Å². The topological polar surface area (TPSA) is 42.0 Å². The zero-order valence-electron chi connectivity index (χ0n) is 13.1. The van der Waals surface area contributed by atoms with E-state index < -0.39 is 12.1 Å². The summed E-state index contributed by atoms with van der Waals surface area (Å²) in [5, 5.41) is 4.59. The van der Waals surface area contributed by atoms with Crippen LogP contribution in [0.15, 0.2) is 53.9 Å². The molecular formula is C18H13F3N2OS. The molecule has 0 bridgehead atoms. The van der Waals surface area contributed by atoms with Gasteiger partial charge < -0.3 is 5.32 Å². The lowest BCUT2D eigenvalue weighted by Crippen LogP contribution is -2.29. The van der Waals surface area contributed by atoms with E-state index in [4.69, 9.17) is 0 Å². The van der Waals surface area contributed by atoms with Crippen LogP contribution in [0.4, 0.5) is 18.9 Å². The molecule has 1 N–H and O–H groups in total. The van der Waals surface area contributed by atoms with Crippen molar-refractivity contribution in [2.75, 3.05) is 5.32 Å². The second-order valence-electron chi connectivity index (χ2n) is 5.38. The van der Waals surface area contributed by atoms with Crippen molar-refractivity contribution in [1.82, 2.24) is 4.98 Å². The highest BCUT2D eigenvalue weighted by Crippen LogP contribution is 2.31. The van der Waals surface area contributed by atoms with Gasteiger partial charge in [0.15, 0.2) is 0 Å². The number of rotatable bonds is 3. The number of aryl methyl sites for hydroxylation is 1. The molecule has 0 saturated heterocycles. The van der Waals surface area contributed by atoms with E-state index >= 15 is 0 Å². The lowest BCUT2D eigenvalue weighted by atomic mass is 10.1. The van der Waals surface area contributed by atoms with E-state index in [1.807, 2.05) is 41.9 Å². The Morgan fingerprint density at radius 3 is 2.40 bits per heavy atom. The molecule has 7 heteroatoms. The monoisotopic (exact) mass is 362 g/mol. The summed E-state index contributed by atoms with van der Waals surface area (Å²) >= 11 is 1.50. The number of hydrogen-bond acceptors (Lipinski definition) is 3. The molecule has 2 aromatic carbocycles. The minimum Gasteiger partial charge on any atom is -0.318 e. The first-order valence-electron chi connectivity index (χ1n) is 7.35. The highest BCUT2D eigenvalue weighted by Gasteiger charge is 2.38. The first-order valence-corrected chi connectivity index (χ1v) is 8.23. The van der Waals surface area contributed by atoms with E-state index in [0.717, 1.165) is 27.4 Å². The molecule has 0 aliphatic heterocycles. The summed E-state index contributed by atoms with van der Waals surface area (Å²) in [6.45, 7) is 2.01. The molecule has 3 rings (SSSR count). The van der Waals surface area contributed by atoms with Gasteiger partial charge in [-0.15, -0.1) is 11.3 Å². The predicted octanol–water partition coefficient (Wildman–Crippen LogP) is 5.29. The van der Waals surface area contributed by atoms with Crippen molar-refractivity contribution in [2.45, 2.75) is 13.1 Å². The molecule has 0 fully saturated rings. The Labute approximate surface area is 146 Å². The number of amides is 1. The van der Waals surface area contributed by atoms with E-state index in [9.17, 15) is 18.0 Å². The van der Waals surface area contributed by atoms with Crippen LogP contribution in [0.5, 0.6) is 0 Å². The van der Waals surface area contributed by atoms with Gasteiger partial charge in [0.05, 0.1) is 5.69 Å². The predicted molar refractivity (Wildman–Crippen MR) is 92.4 cm³/mol. The highest BCUT2D eigenvalue weighted by atomic mass is 32.1. The van der Waals surface area contributed by atoms with Crippen LogP contribution >= 0.6 is 11.3 Å². The molecular weight excluding hydrogens is 349 g/mol. The fourth-order valence-electron chi connectivity index (χ4n) is 2.27. The smallest absolute Gasteiger partial charge is 0.318 e. The van der Waals surface area contributed by atoms with Crippen molar-refractivity contribution < 1.29 is 18.0 Å². The number of halogens is 3. The van der Waals surface area contributed by atoms with Crippen LogP contribution in [0.3, 0.4) is 0 Å². The van der Waals surface area contributed by atoms with E-state index in [1.54, 1.807) is 12.1 Å². The molecule has 25 heavy (non-hydrogen) atoms. The van der Waals surface area contributed by atoms with Gasteiger partial charge >= 0.3 is 12.1 Å². The minimum absolute atomic E-state index is 0.0837. The normalized spacial score (nSPS) is 11.4. The third kappa shape index (κ3) is 3.88. The third-order valence-corrected chi connectivity index (χ3v) is 4.45. The number of benzene rings is 2. The zero-order chi connectivity index (χ0) is 18.0. The fraction of sp³-hybridized carbons (Fsp3) is 0.111. The summed E-state index contributed by atoms with van der Waals surface area (Å²) < 4.78 is 36.8. The average Bonchev–Trinajstić information content (AvgIpc) is 3.05. The zero-order valence-corrected chi connectivity index (χ0v) is 13.9. The third-order valence-electron chi connectivity index (χ3n) is 3.58. The molecule has 0 atom stereocenters. The fourth-order valence-corrected chi connectivity index (χ4v) is 3.19. The second kappa shape index (κ2) is 6.68. The van der Waals surface area contributed by atoms with Gasteiger partial charge in [-0.2, -0.15) is 13.2 Å². The number of carbonyl (C=O) groups is 1. The summed E-state index contributed by atoms with van der Waals surface area (Å²) in [7, 11) is 0. The standard InChI is InChI=1S/C18H13F3N2OS/c1-11-4-2-3-5-14(11)16-23-15(10-25-16)12-6-8-13(9-7-12)22-17(24)18(19,20)21/h2-10H,1H3,(H,22,24). The molecule has 0 unspecified atom stereocenters. The van der Waals surface area contributed by atoms with Crippen molar-refractivity contribution in [3.63, 3.8) is 0 Å². The molecule has 128 valence electrons. The van der Waals surface area contributed by atoms with E-state index in [-0.39, 0.29) is 5.69 Å². The number of alkyl halides is 3. The van der Waals surface area contributed by atoms with Crippen LogP contribution in [0, 0.1) is 6.92 Å². The number of nitrogens with one attached hydrogen (secondary N) is 1. The van der Waals surface area contributed by atoms with Gasteiger partial charge in [0.1, 0.15) is 5.01 Å². The van der Waals surface area contributed by atoms with Crippen LogP contribution in [0.25, 0.3) is 21.8 Å². The number of aromatic nitrogens is 1. The average molecular weight is 362 g/mol. The molecule has 3 aromatic rings. The molecule has 1 amide bonds. The Morgan fingerprint density at radius 2 is 1.76 bits per heavy atom. The van der Waals surface area contributed by atoms with Gasteiger partial charge in [0, 0.05) is 22.2 Å². The van der Waals surface area contributed by atoms with Gasteiger partial charge in [-0.1, -0.05) is 36.4 Å². The number of thiazole rings is 1. The van der Waals surface area contributed by atoms with E-state index in [2.05, 4.69) is 4.98 Å². The van der Waals surface area contributed by atoms with Gasteiger partial charge in [-0.3, -0.25) is 4.79 Å². The van der Waals surface area contributed by atoms with Crippen LogP contribution in [-0.2, 0) is 4.79 Å². The first-order chi connectivity index (χ1) is 11.8. The van der Waals surface area contributed by atoms with Crippen LogP contribution < -0.4 is 5.32 Å². The second-order valence-corrected chi connectivity index (χ2v) is 6.24. The maximum atomic E-state index is 12.3. The quantitative estimate of drug-likeness (QED) is 0.688. The number of nitrogens with zero attached hydrogens (tertiary/aromatic N) is 1. The summed E-state index contributed by atoms with van der Waals surface area (Å²) in [5.74, 6) is -1.99. The molecule has 1 heterocycles. The molecule has 3 nitrogen and oxygen atoms in total. The molecule has 0 saturated carbocycles. The van der Waals surface area contributed by atoms with Crippen LogP contribution in [0.2, 0.25) is 0 Å². The molecule has 0 aliphatic rings. The lowest BCUT2D eigenvalue weighted by Gasteiger charge is -2.08. The lowest BCUT2D eigenvalue weighted by molar-refractivity contribution is -0.167. The van der Waals surface area contributed by atoms with Crippen molar-refractivity contribution in [3.8, 4) is 21.8 Å². The molecule has 1 aromatic heterocycles. The van der Waals surface area contributed by atoms with E-state index in [0.29, 0.717) is 0 Å². The van der Waals surface area contributed by atoms with Crippen molar-refractivity contribution in [2.24, 2.45) is 0 Å². The number of hydrogen-bond donors (Lipinski definition) is 1. The van der Waals surface area contributed by atoms with Crippen molar-refractivity contribution >= 4 is 22.9 Å². The van der Waals surface area contributed by atoms with Gasteiger partial charge in [-0.05, 0) is 24.6 Å². The Bertz CT molecular complexity index is 901. The Morgan fingerprint density at radius 1 is 1.08 bits per heavy atom. The summed E-state index contributed by atoms with van der Waals surface area (Å²) in [6.07, 6.45) is -4.91. The summed E-state index contributed by atoms with van der Waals surface area (Å²) in [5.41, 5.74) is 3.75. The SMILES string of the molecule is Cc1ccccc1-c1nc(-c2ccc(NC(=O)C(F)(F)F)cc2)cs1. The van der Waals surface area contributed by atoms with Gasteiger partial charge in [0.2, 0.25) is 0 Å². The maximum absolute atomic E-state index is 12.3. The molecule has 0 spiro atoms. The number of carbonyl (C=O) groups excluding carboxylic acids is 1. The highest BCUT2D eigenvalue weighted by molar-refractivity contribution is 7.13. The van der Waals surface area contributed by atoms with Crippen LogP contribution in [0.1, 0.15) is 5.56 Å². The van der Waals surface area contributed by atoms with Gasteiger partial charge in [-0.25, -0.2) is 4.98 Å². The Kier molecular flexibility index (Phi) is 4.59. The molecule has 0 aliphatic carbocycles. The van der Waals surface area contributed by atoms with Crippen LogP contribution in [-0.4, -0.2) is 17.1 Å². The maximum Gasteiger partial charge on any atom is 0.471 e. The van der Waals surface area contributed by atoms with Crippen molar-refractivity contribution in [3.05, 3.63) is 59.5 Å². The molecule has 0 radical (unpaired) electrons. The van der Waals surface area contributed by atoms with Gasteiger partial charge in [0.25, 0.3) is 0 Å². The summed E-state index contributed by atoms with van der Waals surface area (Å²) in [4.78, 5) is 15.5. The number of anilines is 1. The van der Waals surface area contributed by atoms with Crippen molar-refractivity contribution in [1.29, 1.82) is 0 Å². The Hall–Kier alpha value is -2.67. The Balaban J connectivity index is 1.80. The largest absolute Gasteiger partial charge is 0.471 e. The first kappa shape index (κ1) is 17.2. The minimum atomic E-state index is -4.91. The summed E-state index contributed by atoms with van der Waals surface area (Å²) in [6, 6.07) is 14.0.